The van der Waals surface area contributed by atoms with Crippen molar-refractivity contribution < 1.29 is 9.18 Å². The van der Waals surface area contributed by atoms with Crippen molar-refractivity contribution in [2.45, 2.75) is 6.04 Å². The highest BCUT2D eigenvalue weighted by atomic mass is 19.1. The molecular formula is C17H19FN2O. The van der Waals surface area contributed by atoms with Crippen LogP contribution in [0.25, 0.3) is 0 Å². The second-order valence-corrected chi connectivity index (χ2v) is 5.06. The molecule has 1 amide bonds. The molecule has 2 aromatic carbocycles. The first kappa shape index (κ1) is 15.2. The van der Waals surface area contributed by atoms with Gasteiger partial charge in [0.1, 0.15) is 5.82 Å². The van der Waals surface area contributed by atoms with Gasteiger partial charge in [-0.2, -0.15) is 0 Å². The van der Waals surface area contributed by atoms with Crippen LogP contribution >= 0.6 is 0 Å². The molecule has 0 saturated carbocycles. The maximum Gasteiger partial charge on any atom is 0.236 e. The molecule has 0 aliphatic carbocycles. The quantitative estimate of drug-likeness (QED) is 0.916. The van der Waals surface area contributed by atoms with Crippen LogP contribution in [0.2, 0.25) is 0 Å². The number of benzene rings is 2. The minimum Gasteiger partial charge on any atom is -0.348 e. The van der Waals surface area contributed by atoms with E-state index in [-0.39, 0.29) is 24.3 Å². The molecule has 4 heteroatoms. The second kappa shape index (κ2) is 6.99. The van der Waals surface area contributed by atoms with Gasteiger partial charge in [-0.05, 0) is 23.3 Å². The fourth-order valence-electron chi connectivity index (χ4n) is 2.08. The van der Waals surface area contributed by atoms with Gasteiger partial charge in [-0.25, -0.2) is 4.39 Å². The Morgan fingerprint density at radius 1 is 1.05 bits per heavy atom. The average molecular weight is 286 g/mol. The third-order valence-electron chi connectivity index (χ3n) is 3.29. The highest BCUT2D eigenvalue weighted by Crippen LogP contribution is 2.22. The zero-order valence-electron chi connectivity index (χ0n) is 12.2. The Kier molecular flexibility index (Phi) is 5.06. The fourth-order valence-corrected chi connectivity index (χ4v) is 2.08. The second-order valence-electron chi connectivity index (χ2n) is 5.06. The topological polar surface area (TPSA) is 32.3 Å². The van der Waals surface area contributed by atoms with Crippen LogP contribution in [0, 0.1) is 5.82 Å². The lowest BCUT2D eigenvalue weighted by Crippen LogP contribution is -2.35. The molecule has 110 valence electrons. The van der Waals surface area contributed by atoms with Gasteiger partial charge in [-0.3, -0.25) is 10.1 Å². The van der Waals surface area contributed by atoms with Gasteiger partial charge in [0, 0.05) is 14.1 Å². The molecule has 1 N–H and O–H groups in total. The van der Waals surface area contributed by atoms with Crippen LogP contribution in [-0.2, 0) is 4.79 Å². The molecule has 0 spiro atoms. The number of amides is 1. The number of likely N-dealkylation sites (N-methyl/N-ethyl adjacent to an activating group) is 1. The summed E-state index contributed by atoms with van der Waals surface area (Å²) in [6.07, 6.45) is 0. The molecule has 0 radical (unpaired) electrons. The molecular weight excluding hydrogens is 267 g/mol. The van der Waals surface area contributed by atoms with Crippen LogP contribution in [0.5, 0.6) is 0 Å². The van der Waals surface area contributed by atoms with Crippen molar-refractivity contribution in [2.75, 3.05) is 20.6 Å². The Bertz CT molecular complexity index is 581. The Morgan fingerprint density at radius 3 is 2.19 bits per heavy atom. The van der Waals surface area contributed by atoms with E-state index < -0.39 is 0 Å². The zero-order valence-corrected chi connectivity index (χ0v) is 12.2. The minimum absolute atomic E-state index is 0.00181. The van der Waals surface area contributed by atoms with Gasteiger partial charge in [0.25, 0.3) is 0 Å². The summed E-state index contributed by atoms with van der Waals surface area (Å²) >= 11 is 0. The first-order valence-corrected chi connectivity index (χ1v) is 6.82. The van der Waals surface area contributed by atoms with Gasteiger partial charge in [0.15, 0.2) is 0 Å². The highest BCUT2D eigenvalue weighted by molar-refractivity contribution is 5.77. The van der Waals surface area contributed by atoms with Crippen molar-refractivity contribution in [3.63, 3.8) is 0 Å². The number of nitrogens with one attached hydrogen (secondary N) is 1. The number of hydrogen-bond donors (Lipinski definition) is 1. The number of nitrogens with zero attached hydrogens (tertiary/aromatic N) is 1. The number of rotatable bonds is 5. The lowest BCUT2D eigenvalue weighted by atomic mass is 9.98. The van der Waals surface area contributed by atoms with Gasteiger partial charge in [-0.15, -0.1) is 0 Å². The van der Waals surface area contributed by atoms with E-state index in [2.05, 4.69) is 5.32 Å². The molecule has 0 fully saturated rings. The van der Waals surface area contributed by atoms with E-state index in [0.717, 1.165) is 11.1 Å². The molecule has 0 saturated heterocycles. The van der Waals surface area contributed by atoms with Gasteiger partial charge in [0.05, 0.1) is 12.6 Å². The van der Waals surface area contributed by atoms with E-state index in [0.29, 0.717) is 0 Å². The van der Waals surface area contributed by atoms with Gasteiger partial charge in [0.2, 0.25) is 5.91 Å². The summed E-state index contributed by atoms with van der Waals surface area (Å²) in [5.41, 5.74) is 1.96. The number of halogens is 1. The summed E-state index contributed by atoms with van der Waals surface area (Å²) in [6.45, 7) is 0.226. The lowest BCUT2D eigenvalue weighted by molar-refractivity contribution is -0.127. The SMILES string of the molecule is CN(C)C(=O)CNC(c1ccccc1)c1ccc(F)cc1. The van der Waals surface area contributed by atoms with Crippen molar-refractivity contribution in [3.05, 3.63) is 71.5 Å². The highest BCUT2D eigenvalue weighted by Gasteiger charge is 2.15. The van der Waals surface area contributed by atoms with Crippen molar-refractivity contribution in [3.8, 4) is 0 Å². The number of hydrogen-bond acceptors (Lipinski definition) is 2. The Hall–Kier alpha value is -2.20. The van der Waals surface area contributed by atoms with E-state index in [1.165, 1.54) is 12.1 Å². The van der Waals surface area contributed by atoms with Crippen LogP contribution < -0.4 is 5.32 Å². The fraction of sp³-hybridized carbons (Fsp3) is 0.235. The predicted molar refractivity (Wildman–Crippen MR) is 81.4 cm³/mol. The third-order valence-corrected chi connectivity index (χ3v) is 3.29. The normalized spacial score (nSPS) is 12.0. The van der Waals surface area contributed by atoms with E-state index in [1.807, 2.05) is 30.3 Å². The zero-order chi connectivity index (χ0) is 15.2. The Labute approximate surface area is 124 Å². The van der Waals surface area contributed by atoms with Crippen molar-refractivity contribution >= 4 is 5.91 Å². The lowest BCUT2D eigenvalue weighted by Gasteiger charge is -2.21. The maximum atomic E-state index is 13.1. The molecule has 0 heterocycles. The average Bonchev–Trinajstić information content (AvgIpc) is 2.50. The maximum absolute atomic E-state index is 13.1. The molecule has 2 aromatic rings. The standard InChI is InChI=1S/C17H19FN2O/c1-20(2)16(21)12-19-17(13-6-4-3-5-7-13)14-8-10-15(18)11-9-14/h3-11,17,19H,12H2,1-2H3. The van der Waals surface area contributed by atoms with Crippen molar-refractivity contribution in [1.82, 2.24) is 10.2 Å². The van der Waals surface area contributed by atoms with Gasteiger partial charge < -0.3 is 4.90 Å². The molecule has 0 aromatic heterocycles. The summed E-state index contributed by atoms with van der Waals surface area (Å²) in [5, 5.41) is 3.24. The van der Waals surface area contributed by atoms with E-state index in [4.69, 9.17) is 0 Å². The predicted octanol–water partition coefficient (Wildman–Crippen LogP) is 2.59. The number of carbonyl (C=O) groups excluding carboxylic acids is 1. The Morgan fingerprint density at radius 2 is 1.62 bits per heavy atom. The molecule has 1 unspecified atom stereocenters. The summed E-state index contributed by atoms with van der Waals surface area (Å²) < 4.78 is 13.1. The first-order chi connectivity index (χ1) is 10.1. The summed E-state index contributed by atoms with van der Waals surface area (Å²) in [6, 6.07) is 16.0. The van der Waals surface area contributed by atoms with Crippen molar-refractivity contribution in [2.24, 2.45) is 0 Å². The molecule has 0 bridgehead atoms. The van der Waals surface area contributed by atoms with Crippen LogP contribution in [0.3, 0.4) is 0 Å². The molecule has 0 aliphatic heterocycles. The monoisotopic (exact) mass is 286 g/mol. The molecule has 21 heavy (non-hydrogen) atoms. The molecule has 3 nitrogen and oxygen atoms in total. The minimum atomic E-state index is -0.269. The van der Waals surface area contributed by atoms with E-state index in [1.54, 1.807) is 31.1 Å². The summed E-state index contributed by atoms with van der Waals surface area (Å²) in [7, 11) is 3.44. The Balaban J connectivity index is 2.23. The molecule has 1 atom stereocenters. The smallest absolute Gasteiger partial charge is 0.236 e. The number of carbonyl (C=O) groups is 1. The van der Waals surface area contributed by atoms with E-state index in [9.17, 15) is 9.18 Å². The van der Waals surface area contributed by atoms with Crippen molar-refractivity contribution in [1.29, 1.82) is 0 Å². The third kappa shape index (κ3) is 4.13. The van der Waals surface area contributed by atoms with Gasteiger partial charge >= 0.3 is 0 Å². The summed E-state index contributed by atoms with van der Waals surface area (Å²) in [5.74, 6) is -0.270. The first-order valence-electron chi connectivity index (χ1n) is 6.82. The largest absolute Gasteiger partial charge is 0.348 e. The van der Waals surface area contributed by atoms with Crippen LogP contribution in [0.1, 0.15) is 17.2 Å². The van der Waals surface area contributed by atoms with Crippen LogP contribution in [0.15, 0.2) is 54.6 Å². The van der Waals surface area contributed by atoms with E-state index >= 15 is 0 Å². The summed E-state index contributed by atoms with van der Waals surface area (Å²) in [4.78, 5) is 13.3. The van der Waals surface area contributed by atoms with Gasteiger partial charge in [-0.1, -0.05) is 42.5 Å². The molecule has 0 aliphatic rings. The molecule has 2 rings (SSSR count). The van der Waals surface area contributed by atoms with Crippen LogP contribution in [-0.4, -0.2) is 31.4 Å². The van der Waals surface area contributed by atoms with Crippen LogP contribution in [0.4, 0.5) is 4.39 Å².